The van der Waals surface area contributed by atoms with Gasteiger partial charge in [0.05, 0.1) is 5.56 Å². The van der Waals surface area contributed by atoms with Crippen molar-refractivity contribution in [1.29, 1.82) is 0 Å². The van der Waals surface area contributed by atoms with Crippen LogP contribution in [0.2, 0.25) is 0 Å². The molecule has 0 fully saturated rings. The molecule has 1 aliphatic rings. The predicted octanol–water partition coefficient (Wildman–Crippen LogP) is 2.96. The van der Waals surface area contributed by atoms with E-state index in [0.29, 0.717) is 5.56 Å². The maximum Gasteiger partial charge on any atom is 0.416 e. The maximum atomic E-state index is 12.9. The lowest BCUT2D eigenvalue weighted by atomic mass is 10.1. The van der Waals surface area contributed by atoms with Crippen LogP contribution in [0.5, 0.6) is 0 Å². The summed E-state index contributed by atoms with van der Waals surface area (Å²) in [4.78, 5) is 17.5. The van der Waals surface area contributed by atoms with Gasteiger partial charge in [-0.1, -0.05) is 30.0 Å². The van der Waals surface area contributed by atoms with E-state index in [9.17, 15) is 18.0 Å². The van der Waals surface area contributed by atoms with Crippen LogP contribution in [0.25, 0.3) is 0 Å². The fourth-order valence-electron chi connectivity index (χ4n) is 2.66. The Balaban J connectivity index is 1.95. The molecule has 5 nitrogen and oxygen atoms in total. The zero-order valence-electron chi connectivity index (χ0n) is 13.4. The molecule has 1 unspecified atom stereocenters. The van der Waals surface area contributed by atoms with Gasteiger partial charge in [-0.25, -0.2) is 0 Å². The number of nitrogens with two attached hydrogens (primary N) is 2. The first-order chi connectivity index (χ1) is 12.3. The molecule has 1 aromatic carbocycles. The minimum atomic E-state index is -4.43. The van der Waals surface area contributed by atoms with Gasteiger partial charge in [0.1, 0.15) is 16.1 Å². The van der Waals surface area contributed by atoms with Gasteiger partial charge in [0.2, 0.25) is 0 Å². The Labute approximate surface area is 151 Å². The van der Waals surface area contributed by atoms with E-state index in [1.54, 1.807) is 35.5 Å². The number of thioether (sulfide) groups is 1. The van der Waals surface area contributed by atoms with E-state index < -0.39 is 23.0 Å². The zero-order chi connectivity index (χ0) is 18.9. The summed E-state index contributed by atoms with van der Waals surface area (Å²) in [6.45, 7) is 0.0963. The zero-order valence-corrected chi connectivity index (χ0v) is 14.2. The Morgan fingerprint density at radius 1 is 1.27 bits per heavy atom. The lowest BCUT2D eigenvalue weighted by molar-refractivity contribution is -0.137. The third-order valence-corrected chi connectivity index (χ3v) is 5.25. The first-order valence-electron chi connectivity index (χ1n) is 7.56. The summed E-state index contributed by atoms with van der Waals surface area (Å²) in [6.07, 6.45) is -1.21. The molecule has 0 radical (unpaired) electrons. The molecule has 136 valence electrons. The molecule has 1 amide bonds. The highest BCUT2D eigenvalue weighted by Crippen LogP contribution is 2.46. The lowest BCUT2D eigenvalue weighted by Gasteiger charge is -2.27. The van der Waals surface area contributed by atoms with E-state index >= 15 is 0 Å². The summed E-state index contributed by atoms with van der Waals surface area (Å²) in [7, 11) is 0. The lowest BCUT2D eigenvalue weighted by Crippen LogP contribution is -2.27. The summed E-state index contributed by atoms with van der Waals surface area (Å²) in [5.41, 5.74) is 11.9. The highest BCUT2D eigenvalue weighted by molar-refractivity contribution is 8.04. The number of nitrogens with zero attached hydrogens (tertiary/aromatic N) is 2. The molecule has 2 aromatic rings. The number of hydrogen-bond acceptors (Lipinski definition) is 5. The molecule has 9 heteroatoms. The fraction of sp³-hybridized carbons (Fsp3) is 0.176. The van der Waals surface area contributed by atoms with E-state index in [0.717, 1.165) is 29.5 Å². The molecule has 2 heterocycles. The molecule has 0 bridgehead atoms. The minimum Gasteiger partial charge on any atom is -0.384 e. The number of carbonyl (C=O) groups is 1. The maximum absolute atomic E-state index is 12.9. The van der Waals surface area contributed by atoms with E-state index in [1.807, 2.05) is 0 Å². The molecular formula is C17H15F3N4OS. The van der Waals surface area contributed by atoms with Crippen LogP contribution in [0.1, 0.15) is 22.1 Å². The van der Waals surface area contributed by atoms with Crippen LogP contribution in [0.4, 0.5) is 13.2 Å². The molecule has 1 aromatic heterocycles. The van der Waals surface area contributed by atoms with Crippen molar-refractivity contribution in [2.45, 2.75) is 18.1 Å². The van der Waals surface area contributed by atoms with Gasteiger partial charge in [-0.05, 0) is 23.8 Å². The third-order valence-electron chi connectivity index (χ3n) is 3.86. The monoisotopic (exact) mass is 380 g/mol. The van der Waals surface area contributed by atoms with Gasteiger partial charge < -0.3 is 16.4 Å². The van der Waals surface area contributed by atoms with Crippen molar-refractivity contribution in [3.8, 4) is 0 Å². The quantitative estimate of drug-likeness (QED) is 0.852. The number of primary amides is 1. The van der Waals surface area contributed by atoms with Crippen molar-refractivity contribution in [2.75, 3.05) is 0 Å². The van der Waals surface area contributed by atoms with Crippen LogP contribution in [0.15, 0.2) is 59.5 Å². The standard InChI is InChI=1S/C17H15F3N4OS/c18-17(19,20)12-5-1-3-10(7-12)9-24-14(21)13(15(22)25)26-16(24)11-4-2-6-23-8-11/h1-8,16H,9,21H2,(H2,22,25). The second-order valence-electron chi connectivity index (χ2n) is 5.66. The Hall–Kier alpha value is -2.68. The van der Waals surface area contributed by atoms with Crippen molar-refractivity contribution in [3.63, 3.8) is 0 Å². The Morgan fingerprint density at radius 2 is 2.04 bits per heavy atom. The number of alkyl halides is 3. The topological polar surface area (TPSA) is 85.2 Å². The highest BCUT2D eigenvalue weighted by atomic mass is 32.2. The molecule has 0 saturated heterocycles. The number of halogens is 3. The normalized spacial score (nSPS) is 17.7. The summed E-state index contributed by atoms with van der Waals surface area (Å²) >= 11 is 1.16. The van der Waals surface area contributed by atoms with Crippen molar-refractivity contribution in [1.82, 2.24) is 9.88 Å². The SMILES string of the molecule is NC(=O)C1=C(N)N(Cc2cccc(C(F)(F)F)c2)C(c2cccnc2)S1. The summed E-state index contributed by atoms with van der Waals surface area (Å²) in [5.74, 6) is -0.526. The largest absolute Gasteiger partial charge is 0.416 e. The van der Waals surface area contributed by atoms with Crippen LogP contribution in [0, 0.1) is 0 Å². The van der Waals surface area contributed by atoms with Gasteiger partial charge in [-0.15, -0.1) is 0 Å². The Bertz CT molecular complexity index is 855. The van der Waals surface area contributed by atoms with E-state index in [-0.39, 0.29) is 17.3 Å². The van der Waals surface area contributed by atoms with Crippen LogP contribution >= 0.6 is 11.8 Å². The molecule has 3 rings (SSSR count). The summed E-state index contributed by atoms with van der Waals surface area (Å²) < 4.78 is 38.8. The van der Waals surface area contributed by atoms with Gasteiger partial charge >= 0.3 is 6.18 Å². The fourth-order valence-corrected chi connectivity index (χ4v) is 3.83. The van der Waals surface area contributed by atoms with Crippen LogP contribution in [-0.2, 0) is 17.5 Å². The van der Waals surface area contributed by atoms with Gasteiger partial charge in [-0.3, -0.25) is 9.78 Å². The number of amides is 1. The number of benzene rings is 1. The molecule has 0 spiro atoms. The number of carbonyl (C=O) groups excluding carboxylic acids is 1. The van der Waals surface area contributed by atoms with Crippen molar-refractivity contribution < 1.29 is 18.0 Å². The summed E-state index contributed by atoms with van der Waals surface area (Å²) in [5, 5.41) is -0.402. The molecule has 26 heavy (non-hydrogen) atoms. The molecule has 4 N–H and O–H groups in total. The minimum absolute atomic E-state index is 0.0963. The van der Waals surface area contributed by atoms with Crippen LogP contribution < -0.4 is 11.5 Å². The second-order valence-corrected chi connectivity index (χ2v) is 6.75. The highest BCUT2D eigenvalue weighted by Gasteiger charge is 2.35. The number of pyridine rings is 1. The van der Waals surface area contributed by atoms with Gasteiger partial charge in [-0.2, -0.15) is 13.2 Å². The summed E-state index contributed by atoms with van der Waals surface area (Å²) in [6, 6.07) is 8.54. The number of hydrogen-bond donors (Lipinski definition) is 2. The van der Waals surface area contributed by atoms with E-state index in [1.165, 1.54) is 6.07 Å². The Kier molecular flexibility index (Phi) is 4.82. The average Bonchev–Trinajstić information content (AvgIpc) is 2.92. The van der Waals surface area contributed by atoms with Gasteiger partial charge in [0.25, 0.3) is 5.91 Å². The van der Waals surface area contributed by atoms with E-state index in [4.69, 9.17) is 11.5 Å². The molecular weight excluding hydrogens is 365 g/mol. The van der Waals surface area contributed by atoms with Crippen molar-refractivity contribution in [2.24, 2.45) is 11.5 Å². The first kappa shape index (κ1) is 18.1. The molecule has 0 aliphatic carbocycles. The third kappa shape index (κ3) is 3.62. The molecule has 0 saturated carbocycles. The second kappa shape index (κ2) is 6.91. The molecule has 1 aliphatic heterocycles. The van der Waals surface area contributed by atoms with Crippen LogP contribution in [0.3, 0.4) is 0 Å². The number of aromatic nitrogens is 1. The molecule has 1 atom stereocenters. The average molecular weight is 380 g/mol. The first-order valence-corrected chi connectivity index (χ1v) is 8.44. The van der Waals surface area contributed by atoms with Gasteiger partial charge in [0, 0.05) is 24.5 Å². The van der Waals surface area contributed by atoms with Crippen molar-refractivity contribution >= 4 is 17.7 Å². The Morgan fingerprint density at radius 3 is 2.65 bits per heavy atom. The predicted molar refractivity (Wildman–Crippen MR) is 92.0 cm³/mol. The van der Waals surface area contributed by atoms with Crippen molar-refractivity contribution in [3.05, 3.63) is 76.2 Å². The smallest absolute Gasteiger partial charge is 0.384 e. The number of rotatable bonds is 4. The van der Waals surface area contributed by atoms with Crippen LogP contribution in [-0.4, -0.2) is 15.8 Å². The van der Waals surface area contributed by atoms with Gasteiger partial charge in [0.15, 0.2) is 0 Å². The van der Waals surface area contributed by atoms with E-state index in [2.05, 4.69) is 4.98 Å².